The molecule has 1 aromatic carbocycles. The van der Waals surface area contributed by atoms with E-state index in [4.69, 9.17) is 10.00 Å². The van der Waals surface area contributed by atoms with Gasteiger partial charge in [-0.3, -0.25) is 0 Å². The summed E-state index contributed by atoms with van der Waals surface area (Å²) in [5.41, 5.74) is 2.87. The van der Waals surface area contributed by atoms with Gasteiger partial charge in [0.05, 0.1) is 25.3 Å². The van der Waals surface area contributed by atoms with E-state index in [9.17, 15) is 0 Å². The molecule has 0 bridgehead atoms. The SMILES string of the molecule is COc1ccc(-c2ccnc(CC#N)n2)cc1C. The van der Waals surface area contributed by atoms with E-state index < -0.39 is 0 Å². The van der Waals surface area contributed by atoms with Gasteiger partial charge in [0.2, 0.25) is 0 Å². The van der Waals surface area contributed by atoms with Crippen LogP contribution in [0.1, 0.15) is 11.4 Å². The van der Waals surface area contributed by atoms with Crippen molar-refractivity contribution in [2.24, 2.45) is 0 Å². The van der Waals surface area contributed by atoms with Crippen LogP contribution in [0.2, 0.25) is 0 Å². The second kappa shape index (κ2) is 5.28. The minimum atomic E-state index is 0.225. The average molecular weight is 239 g/mol. The van der Waals surface area contributed by atoms with Gasteiger partial charge in [0.15, 0.2) is 0 Å². The zero-order valence-corrected chi connectivity index (χ0v) is 10.3. The van der Waals surface area contributed by atoms with Crippen LogP contribution in [-0.2, 0) is 6.42 Å². The molecule has 0 fully saturated rings. The maximum absolute atomic E-state index is 8.65. The Labute approximate surface area is 106 Å². The first-order valence-corrected chi connectivity index (χ1v) is 5.58. The molecule has 0 amide bonds. The lowest BCUT2D eigenvalue weighted by Gasteiger charge is -2.07. The van der Waals surface area contributed by atoms with Gasteiger partial charge in [-0.2, -0.15) is 5.26 Å². The van der Waals surface area contributed by atoms with Crippen LogP contribution in [0, 0.1) is 18.3 Å². The number of methoxy groups -OCH3 is 1. The van der Waals surface area contributed by atoms with Crippen molar-refractivity contribution in [2.45, 2.75) is 13.3 Å². The Balaban J connectivity index is 2.39. The van der Waals surface area contributed by atoms with E-state index in [0.29, 0.717) is 5.82 Å². The van der Waals surface area contributed by atoms with Crippen molar-refractivity contribution in [1.82, 2.24) is 9.97 Å². The molecular formula is C14H13N3O. The van der Waals surface area contributed by atoms with Gasteiger partial charge in [0.1, 0.15) is 11.6 Å². The monoisotopic (exact) mass is 239 g/mol. The summed E-state index contributed by atoms with van der Waals surface area (Å²) >= 11 is 0. The summed E-state index contributed by atoms with van der Waals surface area (Å²) in [6.45, 7) is 1.99. The average Bonchev–Trinajstić information content (AvgIpc) is 2.39. The van der Waals surface area contributed by atoms with E-state index in [1.165, 1.54) is 0 Å². The van der Waals surface area contributed by atoms with E-state index in [1.807, 2.05) is 37.3 Å². The first kappa shape index (κ1) is 12.1. The molecule has 4 heteroatoms. The molecule has 18 heavy (non-hydrogen) atoms. The molecule has 0 aliphatic carbocycles. The number of rotatable bonds is 3. The smallest absolute Gasteiger partial charge is 0.142 e. The van der Waals surface area contributed by atoms with Gasteiger partial charge in [0, 0.05) is 11.8 Å². The quantitative estimate of drug-likeness (QED) is 0.825. The second-order valence-electron chi connectivity index (χ2n) is 3.88. The van der Waals surface area contributed by atoms with Gasteiger partial charge in [-0.25, -0.2) is 9.97 Å². The molecule has 2 rings (SSSR count). The Morgan fingerprint density at radius 1 is 1.33 bits per heavy atom. The Kier molecular flexibility index (Phi) is 3.54. The van der Waals surface area contributed by atoms with Crippen molar-refractivity contribution in [3.8, 4) is 23.1 Å². The van der Waals surface area contributed by atoms with Gasteiger partial charge in [-0.05, 0) is 36.8 Å². The predicted octanol–water partition coefficient (Wildman–Crippen LogP) is 2.53. The van der Waals surface area contributed by atoms with Gasteiger partial charge in [-0.15, -0.1) is 0 Å². The van der Waals surface area contributed by atoms with Crippen molar-refractivity contribution >= 4 is 0 Å². The maximum atomic E-state index is 8.65. The normalized spacial score (nSPS) is 9.83. The number of ether oxygens (including phenoxy) is 1. The van der Waals surface area contributed by atoms with E-state index in [2.05, 4.69) is 9.97 Å². The van der Waals surface area contributed by atoms with Crippen LogP contribution in [0.25, 0.3) is 11.3 Å². The van der Waals surface area contributed by atoms with Crippen LogP contribution in [0.4, 0.5) is 0 Å². The fourth-order valence-electron chi connectivity index (χ4n) is 1.75. The highest BCUT2D eigenvalue weighted by Crippen LogP contribution is 2.24. The highest BCUT2D eigenvalue weighted by Gasteiger charge is 2.05. The Bertz CT molecular complexity index is 602. The van der Waals surface area contributed by atoms with E-state index in [1.54, 1.807) is 13.3 Å². The molecule has 0 spiro atoms. The summed E-state index contributed by atoms with van der Waals surface area (Å²) in [5, 5.41) is 8.65. The third kappa shape index (κ3) is 2.46. The van der Waals surface area contributed by atoms with Crippen molar-refractivity contribution < 1.29 is 4.74 Å². The summed E-state index contributed by atoms with van der Waals surface area (Å²) in [6, 6.07) is 9.76. The molecule has 0 aliphatic heterocycles. The molecule has 0 radical (unpaired) electrons. The van der Waals surface area contributed by atoms with Gasteiger partial charge >= 0.3 is 0 Å². The van der Waals surface area contributed by atoms with Crippen molar-refractivity contribution in [3.05, 3.63) is 41.9 Å². The molecule has 0 N–H and O–H groups in total. The number of nitriles is 1. The van der Waals surface area contributed by atoms with Crippen LogP contribution < -0.4 is 4.74 Å². The first-order chi connectivity index (χ1) is 8.74. The molecule has 90 valence electrons. The highest BCUT2D eigenvalue weighted by atomic mass is 16.5. The topological polar surface area (TPSA) is 58.8 Å². The Morgan fingerprint density at radius 2 is 2.17 bits per heavy atom. The molecular weight excluding hydrogens is 226 g/mol. The predicted molar refractivity (Wildman–Crippen MR) is 68.1 cm³/mol. The van der Waals surface area contributed by atoms with E-state index in [0.717, 1.165) is 22.6 Å². The number of aromatic nitrogens is 2. The van der Waals surface area contributed by atoms with Crippen LogP contribution in [-0.4, -0.2) is 17.1 Å². The van der Waals surface area contributed by atoms with Crippen LogP contribution in [0.3, 0.4) is 0 Å². The molecule has 0 saturated heterocycles. The number of benzene rings is 1. The van der Waals surface area contributed by atoms with Crippen molar-refractivity contribution in [3.63, 3.8) is 0 Å². The van der Waals surface area contributed by atoms with Crippen molar-refractivity contribution in [1.29, 1.82) is 5.26 Å². The van der Waals surface area contributed by atoms with Gasteiger partial charge < -0.3 is 4.74 Å². The maximum Gasteiger partial charge on any atom is 0.142 e. The van der Waals surface area contributed by atoms with Gasteiger partial charge in [0.25, 0.3) is 0 Å². The molecule has 4 nitrogen and oxygen atoms in total. The summed E-state index contributed by atoms with van der Waals surface area (Å²) in [6.07, 6.45) is 1.90. The summed E-state index contributed by atoms with van der Waals surface area (Å²) in [7, 11) is 1.65. The lowest BCUT2D eigenvalue weighted by atomic mass is 10.1. The fraction of sp³-hybridized carbons (Fsp3) is 0.214. The number of nitrogens with zero attached hydrogens (tertiary/aromatic N) is 3. The third-order valence-corrected chi connectivity index (χ3v) is 2.63. The largest absolute Gasteiger partial charge is 0.496 e. The summed E-state index contributed by atoms with van der Waals surface area (Å²) in [5.74, 6) is 1.40. The van der Waals surface area contributed by atoms with Crippen molar-refractivity contribution in [2.75, 3.05) is 7.11 Å². The van der Waals surface area contributed by atoms with Crippen LogP contribution >= 0.6 is 0 Å². The zero-order valence-electron chi connectivity index (χ0n) is 10.3. The molecule has 0 unspecified atom stereocenters. The fourth-order valence-corrected chi connectivity index (χ4v) is 1.75. The molecule has 0 saturated carbocycles. The summed E-state index contributed by atoms with van der Waals surface area (Å²) in [4.78, 5) is 8.41. The molecule has 1 aromatic heterocycles. The molecule has 0 atom stereocenters. The number of hydrogen-bond acceptors (Lipinski definition) is 4. The minimum absolute atomic E-state index is 0.225. The minimum Gasteiger partial charge on any atom is -0.496 e. The highest BCUT2D eigenvalue weighted by molar-refractivity contribution is 5.61. The summed E-state index contributed by atoms with van der Waals surface area (Å²) < 4.78 is 5.22. The first-order valence-electron chi connectivity index (χ1n) is 5.58. The molecule has 2 aromatic rings. The third-order valence-electron chi connectivity index (χ3n) is 2.63. The lowest BCUT2D eigenvalue weighted by Crippen LogP contribution is -1.95. The zero-order chi connectivity index (χ0) is 13.0. The second-order valence-corrected chi connectivity index (χ2v) is 3.88. The number of hydrogen-bond donors (Lipinski definition) is 0. The van der Waals surface area contributed by atoms with Gasteiger partial charge in [-0.1, -0.05) is 0 Å². The molecule has 0 aliphatic rings. The van der Waals surface area contributed by atoms with Crippen LogP contribution in [0.15, 0.2) is 30.5 Å². The lowest BCUT2D eigenvalue weighted by molar-refractivity contribution is 0.412. The standard InChI is InChI=1S/C14H13N3O/c1-10-9-11(3-4-13(10)18-2)12-6-8-16-14(17-12)5-7-15/h3-4,6,8-9H,5H2,1-2H3. The Morgan fingerprint density at radius 3 is 2.83 bits per heavy atom. The van der Waals surface area contributed by atoms with E-state index >= 15 is 0 Å². The Hall–Kier alpha value is -2.41. The molecule has 1 heterocycles. The van der Waals surface area contributed by atoms with E-state index in [-0.39, 0.29) is 6.42 Å². The number of aryl methyl sites for hydroxylation is 1. The van der Waals surface area contributed by atoms with Crippen LogP contribution in [0.5, 0.6) is 5.75 Å².